The molecule has 0 radical (unpaired) electrons. The van der Waals surface area contributed by atoms with Crippen molar-refractivity contribution in [2.24, 2.45) is 0 Å². The number of ether oxygens (including phenoxy) is 1. The number of benzene rings is 1. The maximum atomic E-state index is 12.5. The van der Waals surface area contributed by atoms with Crippen LogP contribution in [0.3, 0.4) is 0 Å². The Balaban J connectivity index is 1.74. The number of carbonyl (C=O) groups is 2. The van der Waals surface area contributed by atoms with Crippen LogP contribution in [0.1, 0.15) is 6.42 Å². The number of nitrogens with one attached hydrogen (secondary N) is 2. The van der Waals surface area contributed by atoms with Crippen LogP contribution >= 0.6 is 0 Å². The molecule has 0 saturated carbocycles. The molecule has 9 nitrogen and oxygen atoms in total. The van der Waals surface area contributed by atoms with Crippen molar-refractivity contribution in [2.75, 3.05) is 23.8 Å². The van der Waals surface area contributed by atoms with Gasteiger partial charge in [-0.15, -0.1) is 0 Å². The van der Waals surface area contributed by atoms with Gasteiger partial charge in [-0.25, -0.2) is 18.4 Å². The van der Waals surface area contributed by atoms with Crippen molar-refractivity contribution in [1.82, 2.24) is 9.97 Å². The first-order valence-corrected chi connectivity index (χ1v) is 9.42. The molecule has 2 rings (SSSR count). The van der Waals surface area contributed by atoms with Gasteiger partial charge in [-0.2, -0.15) is 8.78 Å². The van der Waals surface area contributed by atoms with Gasteiger partial charge in [0.25, 0.3) is 5.91 Å². The van der Waals surface area contributed by atoms with Crippen LogP contribution in [0.15, 0.2) is 47.6 Å². The molecule has 0 bridgehead atoms. The van der Waals surface area contributed by atoms with Crippen LogP contribution in [-0.4, -0.2) is 49.2 Å². The van der Waals surface area contributed by atoms with Crippen LogP contribution in [0, 0.1) is 0 Å². The number of anilines is 2. The van der Waals surface area contributed by atoms with Crippen LogP contribution in [-0.2, 0) is 24.2 Å². The molecule has 1 aromatic carbocycles. The molecule has 1 heterocycles. The van der Waals surface area contributed by atoms with Crippen molar-refractivity contribution >= 4 is 33.3 Å². The zero-order valence-electron chi connectivity index (χ0n) is 14.3. The molecule has 1 amide bonds. The number of hydrogen-bond acceptors (Lipinski definition) is 8. The van der Waals surface area contributed by atoms with E-state index in [1.165, 1.54) is 12.4 Å². The Labute approximate surface area is 159 Å². The Morgan fingerprint density at radius 3 is 2.36 bits per heavy atom. The molecule has 0 aliphatic heterocycles. The minimum atomic E-state index is -4.70. The number of amides is 1. The molecule has 28 heavy (non-hydrogen) atoms. The topological polar surface area (TPSA) is 127 Å². The Morgan fingerprint density at radius 2 is 1.75 bits per heavy atom. The Bertz CT molecular complexity index is 908. The van der Waals surface area contributed by atoms with Gasteiger partial charge in [0.15, 0.2) is 6.61 Å². The third kappa shape index (κ3) is 6.23. The van der Waals surface area contributed by atoms with Gasteiger partial charge in [-0.1, -0.05) is 0 Å². The van der Waals surface area contributed by atoms with Crippen molar-refractivity contribution in [3.63, 3.8) is 0 Å². The van der Waals surface area contributed by atoms with Crippen molar-refractivity contribution in [2.45, 2.75) is 17.1 Å². The Morgan fingerprint density at radius 1 is 1.11 bits per heavy atom. The highest BCUT2D eigenvalue weighted by molar-refractivity contribution is 7.91. The summed E-state index contributed by atoms with van der Waals surface area (Å²) in [6.45, 7) is -0.345. The predicted molar refractivity (Wildman–Crippen MR) is 94.4 cm³/mol. The first-order valence-electron chi connectivity index (χ1n) is 7.87. The van der Waals surface area contributed by atoms with E-state index in [0.29, 0.717) is 5.95 Å². The fourth-order valence-electron chi connectivity index (χ4n) is 1.91. The van der Waals surface area contributed by atoms with E-state index in [2.05, 4.69) is 20.6 Å². The summed E-state index contributed by atoms with van der Waals surface area (Å²) in [5.41, 5.74) is 0.164. The highest BCUT2D eigenvalue weighted by atomic mass is 32.2. The standard InChI is InChI=1S/C16H16F2N4O5S/c17-15(18)28(25,26)12-4-2-11(3-5-12)22-13(23)10-27-14(24)6-9-21-16-19-7-1-8-20-16/h1-5,7-8,15H,6,9-10H2,(H,22,23)(H,19,20,21). The van der Waals surface area contributed by atoms with E-state index in [1.807, 2.05) is 0 Å². The van der Waals surface area contributed by atoms with Gasteiger partial charge in [0.05, 0.1) is 11.3 Å². The number of nitrogens with zero attached hydrogens (tertiary/aromatic N) is 2. The molecule has 0 fully saturated rings. The lowest BCUT2D eigenvalue weighted by Gasteiger charge is -2.08. The highest BCUT2D eigenvalue weighted by Crippen LogP contribution is 2.20. The quantitative estimate of drug-likeness (QED) is 0.591. The number of hydrogen-bond donors (Lipinski definition) is 2. The fraction of sp³-hybridized carbons (Fsp3) is 0.250. The number of sulfone groups is 1. The summed E-state index contributed by atoms with van der Waals surface area (Å²) >= 11 is 0. The number of carbonyl (C=O) groups excluding carboxylic acids is 2. The number of halogens is 2. The van der Waals surface area contributed by atoms with E-state index in [4.69, 9.17) is 4.74 Å². The van der Waals surface area contributed by atoms with Gasteiger partial charge < -0.3 is 15.4 Å². The second-order valence-corrected chi connectivity index (χ2v) is 7.21. The van der Waals surface area contributed by atoms with Gasteiger partial charge in [0.2, 0.25) is 15.8 Å². The van der Waals surface area contributed by atoms with Crippen LogP contribution in [0.25, 0.3) is 0 Å². The van der Waals surface area contributed by atoms with Crippen molar-refractivity contribution in [3.8, 4) is 0 Å². The van der Waals surface area contributed by atoms with Crippen molar-refractivity contribution in [3.05, 3.63) is 42.7 Å². The summed E-state index contributed by atoms with van der Waals surface area (Å²) in [6, 6.07) is 5.84. The van der Waals surface area contributed by atoms with Gasteiger partial charge in [0, 0.05) is 24.6 Å². The minimum Gasteiger partial charge on any atom is -0.456 e. The zero-order valence-corrected chi connectivity index (χ0v) is 15.2. The molecular formula is C16H16F2N4O5S. The van der Waals surface area contributed by atoms with Gasteiger partial charge in [-0.3, -0.25) is 9.59 Å². The van der Waals surface area contributed by atoms with E-state index in [-0.39, 0.29) is 18.7 Å². The summed E-state index contributed by atoms with van der Waals surface area (Å²) in [7, 11) is -4.70. The highest BCUT2D eigenvalue weighted by Gasteiger charge is 2.26. The van der Waals surface area contributed by atoms with Crippen LogP contribution in [0.4, 0.5) is 20.4 Å². The van der Waals surface area contributed by atoms with Crippen LogP contribution in [0.5, 0.6) is 0 Å². The predicted octanol–water partition coefficient (Wildman–Crippen LogP) is 1.46. The number of esters is 1. The third-order valence-electron chi connectivity index (χ3n) is 3.24. The van der Waals surface area contributed by atoms with Crippen molar-refractivity contribution < 1.29 is 31.5 Å². The molecule has 0 spiro atoms. The number of alkyl halides is 2. The first kappa shape index (κ1) is 21.2. The molecule has 0 aliphatic rings. The summed E-state index contributed by atoms with van der Waals surface area (Å²) in [5, 5.41) is 5.16. The summed E-state index contributed by atoms with van der Waals surface area (Å²) in [6.07, 6.45) is 3.05. The number of rotatable bonds is 9. The second-order valence-electron chi connectivity index (χ2n) is 5.29. The average Bonchev–Trinajstić information content (AvgIpc) is 2.67. The maximum absolute atomic E-state index is 12.5. The third-order valence-corrected chi connectivity index (χ3v) is 4.64. The van der Waals surface area contributed by atoms with E-state index < -0.39 is 39.0 Å². The van der Waals surface area contributed by atoms with E-state index in [9.17, 15) is 26.8 Å². The molecule has 2 aromatic rings. The lowest BCUT2D eigenvalue weighted by Crippen LogP contribution is -2.22. The molecule has 150 valence electrons. The molecule has 0 aliphatic carbocycles. The fourth-order valence-corrected chi connectivity index (χ4v) is 2.63. The monoisotopic (exact) mass is 414 g/mol. The molecule has 12 heteroatoms. The SMILES string of the molecule is O=C(COC(=O)CCNc1ncccn1)Nc1ccc(S(=O)(=O)C(F)F)cc1. The van der Waals surface area contributed by atoms with E-state index in [0.717, 1.165) is 24.3 Å². The lowest BCUT2D eigenvalue weighted by molar-refractivity contribution is -0.147. The Kier molecular flexibility index (Phi) is 7.32. The molecule has 0 unspecified atom stereocenters. The van der Waals surface area contributed by atoms with Gasteiger partial charge in [-0.05, 0) is 30.3 Å². The second kappa shape index (κ2) is 9.69. The summed E-state index contributed by atoms with van der Waals surface area (Å²) in [4.78, 5) is 30.6. The van der Waals surface area contributed by atoms with Crippen molar-refractivity contribution in [1.29, 1.82) is 0 Å². The Hall–Kier alpha value is -3.15. The smallest absolute Gasteiger partial charge is 0.341 e. The normalized spacial score (nSPS) is 11.1. The summed E-state index contributed by atoms with van der Waals surface area (Å²) in [5.74, 6) is -4.48. The molecule has 2 N–H and O–H groups in total. The molecule has 1 aromatic heterocycles. The molecule has 0 atom stereocenters. The largest absolute Gasteiger partial charge is 0.456 e. The minimum absolute atomic E-state index is 0.0221. The number of aromatic nitrogens is 2. The lowest BCUT2D eigenvalue weighted by atomic mass is 10.3. The average molecular weight is 414 g/mol. The molecule has 0 saturated heterocycles. The van der Waals surface area contributed by atoms with E-state index in [1.54, 1.807) is 6.07 Å². The first-order chi connectivity index (χ1) is 13.3. The van der Waals surface area contributed by atoms with E-state index >= 15 is 0 Å². The molecular weight excluding hydrogens is 398 g/mol. The van der Waals surface area contributed by atoms with Crippen LogP contribution < -0.4 is 10.6 Å². The van der Waals surface area contributed by atoms with Crippen LogP contribution in [0.2, 0.25) is 0 Å². The maximum Gasteiger partial charge on any atom is 0.341 e. The van der Waals surface area contributed by atoms with Gasteiger partial charge in [0.1, 0.15) is 0 Å². The van der Waals surface area contributed by atoms with Gasteiger partial charge >= 0.3 is 11.7 Å². The summed E-state index contributed by atoms with van der Waals surface area (Å²) < 4.78 is 52.3. The zero-order chi connectivity index (χ0) is 20.6.